The number of aryl methyl sites for hydroxylation is 1. The second kappa shape index (κ2) is 5.30. The SMILES string of the molecule is CCCc1cc(Cl)nc(-c2cccc(C3CC3)c2)n1. The normalized spacial score (nSPS) is 14.6. The van der Waals surface area contributed by atoms with Crippen molar-refractivity contribution in [3.63, 3.8) is 0 Å². The van der Waals surface area contributed by atoms with Crippen LogP contribution in [0.5, 0.6) is 0 Å². The number of hydrogen-bond acceptors (Lipinski definition) is 2. The van der Waals surface area contributed by atoms with E-state index in [0.29, 0.717) is 5.15 Å². The van der Waals surface area contributed by atoms with Crippen LogP contribution in [0.25, 0.3) is 11.4 Å². The third-order valence-electron chi connectivity index (χ3n) is 3.45. The Balaban J connectivity index is 1.98. The molecule has 3 rings (SSSR count). The summed E-state index contributed by atoms with van der Waals surface area (Å²) in [7, 11) is 0. The molecule has 0 unspecified atom stereocenters. The zero-order valence-corrected chi connectivity index (χ0v) is 11.8. The highest BCUT2D eigenvalue weighted by Crippen LogP contribution is 2.40. The topological polar surface area (TPSA) is 25.8 Å². The first-order valence-electron chi connectivity index (χ1n) is 6.90. The molecule has 1 aliphatic rings. The van der Waals surface area contributed by atoms with Gasteiger partial charge in [0.05, 0.1) is 0 Å². The number of aromatic nitrogens is 2. The van der Waals surface area contributed by atoms with Crippen LogP contribution in [0.2, 0.25) is 5.15 Å². The Morgan fingerprint density at radius 1 is 1.21 bits per heavy atom. The van der Waals surface area contributed by atoms with Gasteiger partial charge in [0.15, 0.2) is 5.82 Å². The molecule has 1 heterocycles. The van der Waals surface area contributed by atoms with Gasteiger partial charge in [0, 0.05) is 11.3 Å². The minimum Gasteiger partial charge on any atom is -0.233 e. The lowest BCUT2D eigenvalue weighted by Gasteiger charge is -2.06. The molecule has 2 nitrogen and oxygen atoms in total. The maximum absolute atomic E-state index is 6.10. The zero-order chi connectivity index (χ0) is 13.2. The fourth-order valence-electron chi connectivity index (χ4n) is 2.33. The van der Waals surface area contributed by atoms with Gasteiger partial charge in [0.1, 0.15) is 5.15 Å². The molecule has 0 N–H and O–H groups in total. The first-order valence-corrected chi connectivity index (χ1v) is 7.28. The molecule has 0 spiro atoms. The lowest BCUT2D eigenvalue weighted by molar-refractivity contribution is 0.875. The number of rotatable bonds is 4. The molecule has 0 saturated heterocycles. The van der Waals surface area contributed by atoms with E-state index in [9.17, 15) is 0 Å². The Labute approximate surface area is 118 Å². The predicted molar refractivity (Wildman–Crippen MR) is 78.4 cm³/mol. The van der Waals surface area contributed by atoms with Crippen molar-refractivity contribution in [3.05, 3.63) is 46.7 Å². The lowest BCUT2D eigenvalue weighted by Crippen LogP contribution is -1.96. The van der Waals surface area contributed by atoms with Crippen molar-refractivity contribution < 1.29 is 0 Å². The maximum atomic E-state index is 6.10. The van der Waals surface area contributed by atoms with Crippen molar-refractivity contribution in [2.24, 2.45) is 0 Å². The Hall–Kier alpha value is -1.41. The standard InChI is InChI=1S/C16H17ClN2/c1-2-4-14-10-15(17)19-16(18-14)13-6-3-5-12(9-13)11-7-8-11/h3,5-6,9-11H,2,4,7-8H2,1H3. The Bertz CT molecular complexity index is 591. The van der Waals surface area contributed by atoms with Gasteiger partial charge in [-0.1, -0.05) is 43.1 Å². The summed E-state index contributed by atoms with van der Waals surface area (Å²) in [5.74, 6) is 1.49. The van der Waals surface area contributed by atoms with Gasteiger partial charge in [-0.3, -0.25) is 0 Å². The number of hydrogen-bond donors (Lipinski definition) is 0. The quantitative estimate of drug-likeness (QED) is 0.759. The Kier molecular flexibility index (Phi) is 3.52. The van der Waals surface area contributed by atoms with E-state index in [1.54, 1.807) is 0 Å². The van der Waals surface area contributed by atoms with Crippen LogP contribution in [0.3, 0.4) is 0 Å². The van der Waals surface area contributed by atoms with Crippen molar-refractivity contribution in [3.8, 4) is 11.4 Å². The number of nitrogens with zero attached hydrogens (tertiary/aromatic N) is 2. The van der Waals surface area contributed by atoms with Gasteiger partial charge >= 0.3 is 0 Å². The molecule has 1 aliphatic carbocycles. The van der Waals surface area contributed by atoms with Crippen LogP contribution in [0, 0.1) is 0 Å². The van der Waals surface area contributed by atoms with E-state index in [4.69, 9.17) is 11.6 Å². The van der Waals surface area contributed by atoms with E-state index >= 15 is 0 Å². The van der Waals surface area contributed by atoms with Gasteiger partial charge in [-0.05, 0) is 42.9 Å². The van der Waals surface area contributed by atoms with Crippen LogP contribution >= 0.6 is 11.6 Å². The van der Waals surface area contributed by atoms with Crippen molar-refractivity contribution >= 4 is 11.6 Å². The molecule has 0 amide bonds. The molecule has 1 fully saturated rings. The van der Waals surface area contributed by atoms with Crippen LogP contribution < -0.4 is 0 Å². The predicted octanol–water partition coefficient (Wildman–Crippen LogP) is 4.63. The van der Waals surface area contributed by atoms with Gasteiger partial charge in [0.25, 0.3) is 0 Å². The lowest BCUT2D eigenvalue weighted by atomic mass is 10.1. The summed E-state index contributed by atoms with van der Waals surface area (Å²) in [6.07, 6.45) is 4.62. The number of halogens is 1. The second-order valence-electron chi connectivity index (χ2n) is 5.16. The van der Waals surface area contributed by atoms with E-state index in [-0.39, 0.29) is 0 Å². The molecule has 3 heteroatoms. The fraction of sp³-hybridized carbons (Fsp3) is 0.375. The second-order valence-corrected chi connectivity index (χ2v) is 5.54. The summed E-state index contributed by atoms with van der Waals surface area (Å²) >= 11 is 6.10. The number of benzene rings is 1. The first-order chi connectivity index (χ1) is 9.26. The van der Waals surface area contributed by atoms with E-state index in [2.05, 4.69) is 41.2 Å². The van der Waals surface area contributed by atoms with Crippen LogP contribution in [0.15, 0.2) is 30.3 Å². The van der Waals surface area contributed by atoms with Crippen LogP contribution in [-0.4, -0.2) is 9.97 Å². The summed E-state index contributed by atoms with van der Waals surface area (Å²) in [6, 6.07) is 10.4. The molecule has 1 saturated carbocycles. The third-order valence-corrected chi connectivity index (χ3v) is 3.64. The van der Waals surface area contributed by atoms with Gasteiger partial charge in [-0.15, -0.1) is 0 Å². The summed E-state index contributed by atoms with van der Waals surface area (Å²) in [5, 5.41) is 0.533. The molecular formula is C16H17ClN2. The van der Waals surface area contributed by atoms with Gasteiger partial charge in [0.2, 0.25) is 0 Å². The molecule has 2 aromatic rings. The molecule has 19 heavy (non-hydrogen) atoms. The monoisotopic (exact) mass is 272 g/mol. The highest BCUT2D eigenvalue weighted by molar-refractivity contribution is 6.29. The minimum atomic E-state index is 0.533. The van der Waals surface area contributed by atoms with Crippen molar-refractivity contribution in [2.75, 3.05) is 0 Å². The average molecular weight is 273 g/mol. The van der Waals surface area contributed by atoms with Gasteiger partial charge in [-0.25, -0.2) is 9.97 Å². The first kappa shape index (κ1) is 12.6. The maximum Gasteiger partial charge on any atom is 0.161 e. The molecule has 1 aromatic carbocycles. The van der Waals surface area contributed by atoms with E-state index < -0.39 is 0 Å². The zero-order valence-electron chi connectivity index (χ0n) is 11.1. The molecular weight excluding hydrogens is 256 g/mol. The van der Waals surface area contributed by atoms with Gasteiger partial charge < -0.3 is 0 Å². The third kappa shape index (κ3) is 2.95. The molecule has 0 aliphatic heterocycles. The Morgan fingerprint density at radius 2 is 2.05 bits per heavy atom. The molecule has 98 valence electrons. The summed E-state index contributed by atoms with van der Waals surface area (Å²) < 4.78 is 0. The van der Waals surface area contributed by atoms with Crippen molar-refractivity contribution in [1.82, 2.24) is 9.97 Å². The highest BCUT2D eigenvalue weighted by Gasteiger charge is 2.23. The van der Waals surface area contributed by atoms with Crippen molar-refractivity contribution in [1.29, 1.82) is 0 Å². The summed E-state index contributed by atoms with van der Waals surface area (Å²) in [6.45, 7) is 2.14. The molecule has 0 radical (unpaired) electrons. The fourth-order valence-corrected chi connectivity index (χ4v) is 2.53. The van der Waals surface area contributed by atoms with E-state index in [1.165, 1.54) is 18.4 Å². The van der Waals surface area contributed by atoms with E-state index in [0.717, 1.165) is 35.8 Å². The molecule has 0 atom stereocenters. The average Bonchev–Trinajstić information content (AvgIpc) is 3.23. The Morgan fingerprint density at radius 3 is 2.79 bits per heavy atom. The minimum absolute atomic E-state index is 0.533. The van der Waals surface area contributed by atoms with Gasteiger partial charge in [-0.2, -0.15) is 0 Å². The summed E-state index contributed by atoms with van der Waals surface area (Å²) in [4.78, 5) is 8.98. The van der Waals surface area contributed by atoms with Crippen LogP contribution in [-0.2, 0) is 6.42 Å². The smallest absolute Gasteiger partial charge is 0.161 e. The summed E-state index contributed by atoms with van der Waals surface area (Å²) in [5.41, 5.74) is 3.50. The van der Waals surface area contributed by atoms with E-state index in [1.807, 2.05) is 6.07 Å². The van der Waals surface area contributed by atoms with Crippen LogP contribution in [0.4, 0.5) is 0 Å². The largest absolute Gasteiger partial charge is 0.233 e. The van der Waals surface area contributed by atoms with Crippen molar-refractivity contribution in [2.45, 2.75) is 38.5 Å². The molecule has 0 bridgehead atoms. The molecule has 1 aromatic heterocycles. The van der Waals surface area contributed by atoms with Crippen LogP contribution in [0.1, 0.15) is 43.4 Å². The highest BCUT2D eigenvalue weighted by atomic mass is 35.5.